The number of rotatable bonds is 8. The van der Waals surface area contributed by atoms with Gasteiger partial charge >= 0.3 is 0 Å². The first-order valence-corrected chi connectivity index (χ1v) is 7.06. The molecule has 0 bridgehead atoms. The van der Waals surface area contributed by atoms with Crippen molar-refractivity contribution in [3.05, 3.63) is 35.4 Å². The van der Waals surface area contributed by atoms with E-state index in [0.717, 1.165) is 24.4 Å². The third-order valence-corrected chi connectivity index (χ3v) is 3.05. The first-order valence-electron chi connectivity index (χ1n) is 5.94. The second-order valence-corrected chi connectivity index (χ2v) is 4.85. The summed E-state index contributed by atoms with van der Waals surface area (Å²) in [5, 5.41) is 4.25. The molecule has 0 unspecified atom stereocenters. The molecular formula is C13H18BrF2N. The van der Waals surface area contributed by atoms with Crippen molar-refractivity contribution < 1.29 is 8.78 Å². The Morgan fingerprint density at radius 3 is 2.24 bits per heavy atom. The lowest BCUT2D eigenvalue weighted by molar-refractivity contribution is 0.569. The van der Waals surface area contributed by atoms with Crippen LogP contribution in [0.4, 0.5) is 8.78 Å². The highest BCUT2D eigenvalue weighted by Crippen LogP contribution is 2.07. The highest BCUT2D eigenvalue weighted by Gasteiger charge is 1.99. The molecule has 1 rings (SSSR count). The number of unbranched alkanes of at least 4 members (excludes halogenated alkanes) is 3. The Morgan fingerprint density at radius 1 is 0.941 bits per heavy atom. The largest absolute Gasteiger partial charge is 0.313 e. The summed E-state index contributed by atoms with van der Waals surface area (Å²) in [5.74, 6) is -1.03. The predicted octanol–water partition coefficient (Wildman–Crippen LogP) is 4.01. The van der Waals surface area contributed by atoms with Gasteiger partial charge in [0.05, 0.1) is 0 Å². The molecule has 0 heterocycles. The second kappa shape index (κ2) is 8.59. The maximum atomic E-state index is 12.9. The van der Waals surface area contributed by atoms with Crippen molar-refractivity contribution in [1.82, 2.24) is 5.32 Å². The van der Waals surface area contributed by atoms with E-state index >= 15 is 0 Å². The molecule has 0 fully saturated rings. The van der Waals surface area contributed by atoms with E-state index in [2.05, 4.69) is 21.2 Å². The van der Waals surface area contributed by atoms with Crippen LogP contribution in [0.1, 0.15) is 31.2 Å². The van der Waals surface area contributed by atoms with Gasteiger partial charge in [-0.3, -0.25) is 0 Å². The van der Waals surface area contributed by atoms with E-state index in [1.165, 1.54) is 31.4 Å². The zero-order chi connectivity index (χ0) is 12.5. The van der Waals surface area contributed by atoms with E-state index in [1.807, 2.05) is 0 Å². The van der Waals surface area contributed by atoms with Crippen molar-refractivity contribution >= 4 is 15.9 Å². The van der Waals surface area contributed by atoms with Gasteiger partial charge in [-0.2, -0.15) is 0 Å². The number of halogens is 3. The first kappa shape index (κ1) is 14.6. The summed E-state index contributed by atoms with van der Waals surface area (Å²) in [7, 11) is 0. The third-order valence-electron chi connectivity index (χ3n) is 2.49. The number of benzene rings is 1. The van der Waals surface area contributed by atoms with Crippen LogP contribution in [-0.4, -0.2) is 11.9 Å². The summed E-state index contributed by atoms with van der Waals surface area (Å²) in [5.41, 5.74) is 0.656. The van der Waals surface area contributed by atoms with E-state index in [9.17, 15) is 8.78 Å². The second-order valence-electron chi connectivity index (χ2n) is 4.06. The molecule has 0 spiro atoms. The molecule has 17 heavy (non-hydrogen) atoms. The Morgan fingerprint density at radius 2 is 1.59 bits per heavy atom. The molecule has 0 saturated heterocycles. The van der Waals surface area contributed by atoms with Gasteiger partial charge in [-0.1, -0.05) is 28.8 Å². The van der Waals surface area contributed by atoms with Crippen LogP contribution >= 0.6 is 15.9 Å². The maximum absolute atomic E-state index is 12.9. The van der Waals surface area contributed by atoms with E-state index in [-0.39, 0.29) is 0 Å². The molecule has 1 nitrogen and oxygen atoms in total. The molecule has 1 aromatic rings. The molecule has 1 aromatic carbocycles. The normalized spacial score (nSPS) is 10.8. The van der Waals surface area contributed by atoms with E-state index in [4.69, 9.17) is 0 Å². The lowest BCUT2D eigenvalue weighted by Crippen LogP contribution is -2.14. The Labute approximate surface area is 110 Å². The summed E-state index contributed by atoms with van der Waals surface area (Å²) in [4.78, 5) is 0. The lowest BCUT2D eigenvalue weighted by Gasteiger charge is -2.05. The topological polar surface area (TPSA) is 12.0 Å². The Kier molecular flexibility index (Phi) is 7.37. The molecule has 0 aromatic heterocycles. The standard InChI is InChI=1S/C13H18BrF2N/c14-5-3-1-2-4-6-17-10-11-7-12(15)9-13(16)8-11/h7-9,17H,1-6,10H2. The summed E-state index contributed by atoms with van der Waals surface area (Å²) >= 11 is 3.39. The average molecular weight is 306 g/mol. The number of hydrogen-bond donors (Lipinski definition) is 1. The van der Waals surface area contributed by atoms with E-state index < -0.39 is 11.6 Å². The summed E-state index contributed by atoms with van der Waals surface area (Å²) in [6, 6.07) is 3.62. The summed E-state index contributed by atoms with van der Waals surface area (Å²) in [6.45, 7) is 1.41. The third kappa shape index (κ3) is 6.74. The van der Waals surface area contributed by atoms with E-state index in [0.29, 0.717) is 12.1 Å². The summed E-state index contributed by atoms with van der Waals surface area (Å²) in [6.07, 6.45) is 4.72. The van der Waals surface area contributed by atoms with Gasteiger partial charge in [0.25, 0.3) is 0 Å². The quantitative estimate of drug-likeness (QED) is 0.565. The molecular weight excluding hydrogens is 288 g/mol. The van der Waals surface area contributed by atoms with Gasteiger partial charge in [-0.25, -0.2) is 8.78 Å². The van der Waals surface area contributed by atoms with Crippen molar-refractivity contribution in [3.8, 4) is 0 Å². The maximum Gasteiger partial charge on any atom is 0.126 e. The molecule has 96 valence electrons. The zero-order valence-electron chi connectivity index (χ0n) is 9.82. The minimum Gasteiger partial charge on any atom is -0.313 e. The molecule has 0 radical (unpaired) electrons. The Balaban J connectivity index is 2.13. The van der Waals surface area contributed by atoms with Crippen LogP contribution in [0, 0.1) is 11.6 Å². The van der Waals surface area contributed by atoms with Crippen molar-refractivity contribution in [2.24, 2.45) is 0 Å². The highest BCUT2D eigenvalue weighted by molar-refractivity contribution is 9.09. The SMILES string of the molecule is Fc1cc(F)cc(CNCCCCCCBr)c1. The number of hydrogen-bond acceptors (Lipinski definition) is 1. The monoisotopic (exact) mass is 305 g/mol. The van der Waals surface area contributed by atoms with Gasteiger partial charge in [0.15, 0.2) is 0 Å². The molecule has 0 aliphatic rings. The predicted molar refractivity (Wildman–Crippen MR) is 70.3 cm³/mol. The molecule has 4 heteroatoms. The highest BCUT2D eigenvalue weighted by atomic mass is 79.9. The van der Waals surface area contributed by atoms with Crippen molar-refractivity contribution in [3.63, 3.8) is 0 Å². The van der Waals surface area contributed by atoms with E-state index in [1.54, 1.807) is 0 Å². The number of nitrogens with one attached hydrogen (secondary N) is 1. The fraction of sp³-hybridized carbons (Fsp3) is 0.538. The molecule has 0 amide bonds. The average Bonchev–Trinajstić information content (AvgIpc) is 2.26. The molecule has 0 aliphatic heterocycles. The smallest absolute Gasteiger partial charge is 0.126 e. The first-order chi connectivity index (χ1) is 8.22. The van der Waals surface area contributed by atoms with Crippen molar-refractivity contribution in [2.45, 2.75) is 32.2 Å². The minimum absolute atomic E-state index is 0.515. The van der Waals surface area contributed by atoms with Crippen LogP contribution in [0.3, 0.4) is 0 Å². The van der Waals surface area contributed by atoms with Crippen molar-refractivity contribution in [2.75, 3.05) is 11.9 Å². The summed E-state index contributed by atoms with van der Waals surface area (Å²) < 4.78 is 25.7. The minimum atomic E-state index is -0.515. The Bertz CT molecular complexity index is 311. The zero-order valence-corrected chi connectivity index (χ0v) is 11.4. The van der Waals surface area contributed by atoms with Crippen LogP contribution in [0.5, 0.6) is 0 Å². The van der Waals surface area contributed by atoms with Crippen LogP contribution < -0.4 is 5.32 Å². The van der Waals surface area contributed by atoms with Crippen molar-refractivity contribution in [1.29, 1.82) is 0 Å². The molecule has 0 saturated carbocycles. The molecule has 0 aliphatic carbocycles. The molecule has 0 atom stereocenters. The van der Waals surface area contributed by atoms with Gasteiger partial charge in [-0.05, 0) is 37.1 Å². The number of alkyl halides is 1. The fourth-order valence-corrected chi connectivity index (χ4v) is 2.04. The fourth-order valence-electron chi connectivity index (χ4n) is 1.64. The lowest BCUT2D eigenvalue weighted by atomic mass is 10.2. The van der Waals surface area contributed by atoms with Gasteiger partial charge in [0.1, 0.15) is 11.6 Å². The van der Waals surface area contributed by atoms with Gasteiger partial charge in [0, 0.05) is 17.9 Å². The van der Waals surface area contributed by atoms with Crippen LogP contribution in [0.2, 0.25) is 0 Å². The van der Waals surface area contributed by atoms with Crippen LogP contribution in [-0.2, 0) is 6.54 Å². The van der Waals surface area contributed by atoms with Crippen LogP contribution in [0.15, 0.2) is 18.2 Å². The van der Waals surface area contributed by atoms with Crippen LogP contribution in [0.25, 0.3) is 0 Å². The molecule has 1 N–H and O–H groups in total. The van der Waals surface area contributed by atoms with Gasteiger partial charge in [-0.15, -0.1) is 0 Å². The van der Waals surface area contributed by atoms with Gasteiger partial charge in [0.2, 0.25) is 0 Å². The van der Waals surface area contributed by atoms with Gasteiger partial charge < -0.3 is 5.32 Å². The Hall–Kier alpha value is -0.480.